The number of hydrogen-bond donors (Lipinski definition) is 3. The molecule has 2 aliphatic heterocycles. The van der Waals surface area contributed by atoms with Gasteiger partial charge in [-0.2, -0.15) is 0 Å². The van der Waals surface area contributed by atoms with Crippen LogP contribution in [0.5, 0.6) is 0 Å². The summed E-state index contributed by atoms with van der Waals surface area (Å²) >= 11 is 0. The lowest BCUT2D eigenvalue weighted by Gasteiger charge is -2.35. The first-order valence-corrected chi connectivity index (χ1v) is 9.53. The molecular formula is C17H36N6O. The lowest BCUT2D eigenvalue weighted by Crippen LogP contribution is -2.50. The molecule has 0 saturated carbocycles. The van der Waals surface area contributed by atoms with Crippen molar-refractivity contribution in [2.45, 2.75) is 13.8 Å². The van der Waals surface area contributed by atoms with E-state index in [0.717, 1.165) is 84.5 Å². The normalized spacial score (nSPS) is 21.1. The molecule has 0 aromatic rings. The minimum absolute atomic E-state index is 0.0384. The predicted octanol–water partition coefficient (Wildman–Crippen LogP) is -0.536. The molecule has 2 aliphatic rings. The lowest BCUT2D eigenvalue weighted by molar-refractivity contribution is 0.123. The van der Waals surface area contributed by atoms with Gasteiger partial charge in [0.05, 0.1) is 0 Å². The number of piperazine rings is 2. The Hall–Kier alpha value is -0.890. The van der Waals surface area contributed by atoms with E-state index in [2.05, 4.69) is 44.5 Å². The van der Waals surface area contributed by atoms with Crippen LogP contribution in [-0.4, -0.2) is 106 Å². The summed E-state index contributed by atoms with van der Waals surface area (Å²) in [5.74, 6) is 0.739. The summed E-state index contributed by atoms with van der Waals surface area (Å²) < 4.78 is 0. The van der Waals surface area contributed by atoms with E-state index in [1.165, 1.54) is 6.54 Å². The highest BCUT2D eigenvalue weighted by Gasteiger charge is 2.17. The van der Waals surface area contributed by atoms with Crippen LogP contribution in [0.15, 0.2) is 0 Å². The highest BCUT2D eigenvalue weighted by Crippen LogP contribution is 2.04. The minimum Gasteiger partial charge on any atom is -0.337 e. The van der Waals surface area contributed by atoms with E-state index in [-0.39, 0.29) is 6.03 Å². The van der Waals surface area contributed by atoms with Crippen LogP contribution in [0.2, 0.25) is 0 Å². The largest absolute Gasteiger partial charge is 0.337 e. The molecule has 0 aliphatic carbocycles. The maximum Gasteiger partial charge on any atom is 0.314 e. The molecule has 2 heterocycles. The third-order valence-corrected chi connectivity index (χ3v) is 4.73. The summed E-state index contributed by atoms with van der Waals surface area (Å²) in [5.41, 5.74) is 0. The van der Waals surface area contributed by atoms with Crippen molar-refractivity contribution in [3.05, 3.63) is 0 Å². The number of hydrogen-bond acceptors (Lipinski definition) is 5. The molecule has 0 aromatic carbocycles. The van der Waals surface area contributed by atoms with Crippen molar-refractivity contribution in [3.63, 3.8) is 0 Å². The molecule has 2 fully saturated rings. The zero-order chi connectivity index (χ0) is 17.2. The summed E-state index contributed by atoms with van der Waals surface area (Å²) in [5, 5.41) is 9.27. The maximum absolute atomic E-state index is 11.8. The highest BCUT2D eigenvalue weighted by atomic mass is 16.2. The molecule has 0 bridgehead atoms. The smallest absolute Gasteiger partial charge is 0.314 e. The summed E-state index contributed by atoms with van der Waals surface area (Å²) in [6.45, 7) is 17.8. The van der Waals surface area contributed by atoms with E-state index < -0.39 is 0 Å². The van der Waals surface area contributed by atoms with E-state index in [9.17, 15) is 4.79 Å². The Morgan fingerprint density at radius 3 is 1.92 bits per heavy atom. The van der Waals surface area contributed by atoms with Gasteiger partial charge in [0.1, 0.15) is 0 Å². The maximum atomic E-state index is 11.8. The van der Waals surface area contributed by atoms with Crippen LogP contribution < -0.4 is 16.0 Å². The Morgan fingerprint density at radius 1 is 0.875 bits per heavy atom. The van der Waals surface area contributed by atoms with Crippen LogP contribution >= 0.6 is 0 Å². The number of carbonyl (C=O) groups excluding carboxylic acids is 1. The van der Waals surface area contributed by atoms with E-state index in [1.54, 1.807) is 0 Å². The molecule has 7 nitrogen and oxygen atoms in total. The Bertz CT molecular complexity index is 351. The van der Waals surface area contributed by atoms with Gasteiger partial charge >= 0.3 is 6.03 Å². The molecule has 2 rings (SSSR count). The molecule has 0 spiro atoms. The van der Waals surface area contributed by atoms with Crippen molar-refractivity contribution in [1.29, 1.82) is 0 Å². The molecule has 2 saturated heterocycles. The Kier molecular flexibility index (Phi) is 8.80. The van der Waals surface area contributed by atoms with Gasteiger partial charge in [-0.3, -0.25) is 9.80 Å². The molecule has 0 atom stereocenters. The molecule has 7 heteroatoms. The van der Waals surface area contributed by atoms with Gasteiger partial charge in [-0.15, -0.1) is 0 Å². The molecule has 0 unspecified atom stereocenters. The van der Waals surface area contributed by atoms with Gasteiger partial charge in [-0.1, -0.05) is 13.8 Å². The number of rotatable bonds is 8. The minimum atomic E-state index is -0.0384. The fraction of sp³-hybridized carbons (Fsp3) is 0.941. The summed E-state index contributed by atoms with van der Waals surface area (Å²) in [6, 6.07) is -0.0384. The SMILES string of the molecule is CC(C)CN1CCN(CCNC(=O)NCCN2CCNCC2)CC1. The van der Waals surface area contributed by atoms with Gasteiger partial charge in [0, 0.05) is 85.1 Å². The average molecular weight is 341 g/mol. The van der Waals surface area contributed by atoms with Crippen molar-refractivity contribution in [3.8, 4) is 0 Å². The van der Waals surface area contributed by atoms with Crippen LogP contribution in [0.1, 0.15) is 13.8 Å². The van der Waals surface area contributed by atoms with Crippen molar-refractivity contribution in [2.75, 3.05) is 85.1 Å². The van der Waals surface area contributed by atoms with Crippen LogP contribution in [0.3, 0.4) is 0 Å². The fourth-order valence-electron chi connectivity index (χ4n) is 3.36. The van der Waals surface area contributed by atoms with Gasteiger partial charge in [0.2, 0.25) is 0 Å². The molecule has 2 amide bonds. The number of amides is 2. The molecule has 0 aromatic heterocycles. The Balaban J connectivity index is 1.46. The summed E-state index contributed by atoms with van der Waals surface area (Å²) in [7, 11) is 0. The first kappa shape index (κ1) is 19.4. The predicted molar refractivity (Wildman–Crippen MR) is 98.4 cm³/mol. The van der Waals surface area contributed by atoms with Crippen molar-refractivity contribution in [1.82, 2.24) is 30.7 Å². The highest BCUT2D eigenvalue weighted by molar-refractivity contribution is 5.73. The van der Waals surface area contributed by atoms with Crippen LogP contribution in [-0.2, 0) is 0 Å². The molecular weight excluding hydrogens is 304 g/mol. The zero-order valence-corrected chi connectivity index (χ0v) is 15.5. The number of nitrogens with one attached hydrogen (secondary N) is 3. The van der Waals surface area contributed by atoms with Crippen molar-refractivity contribution >= 4 is 6.03 Å². The Labute approximate surface area is 147 Å². The average Bonchev–Trinajstić information content (AvgIpc) is 2.57. The van der Waals surface area contributed by atoms with Gasteiger partial charge in [-0.25, -0.2) is 4.79 Å². The quantitative estimate of drug-likeness (QED) is 0.554. The molecule has 3 N–H and O–H groups in total. The number of nitrogens with zero attached hydrogens (tertiary/aromatic N) is 3. The van der Waals surface area contributed by atoms with Gasteiger partial charge in [0.25, 0.3) is 0 Å². The molecule has 0 radical (unpaired) electrons. The van der Waals surface area contributed by atoms with Gasteiger partial charge in [-0.05, 0) is 5.92 Å². The number of carbonyl (C=O) groups is 1. The molecule has 24 heavy (non-hydrogen) atoms. The lowest BCUT2D eigenvalue weighted by atomic mass is 10.2. The second-order valence-electron chi connectivity index (χ2n) is 7.31. The van der Waals surface area contributed by atoms with Crippen molar-refractivity contribution in [2.24, 2.45) is 5.92 Å². The summed E-state index contributed by atoms with van der Waals surface area (Å²) in [6.07, 6.45) is 0. The number of urea groups is 1. The second-order valence-corrected chi connectivity index (χ2v) is 7.31. The van der Waals surface area contributed by atoms with E-state index in [0.29, 0.717) is 0 Å². The molecule has 140 valence electrons. The van der Waals surface area contributed by atoms with E-state index >= 15 is 0 Å². The topological polar surface area (TPSA) is 62.9 Å². The van der Waals surface area contributed by atoms with Gasteiger partial charge < -0.3 is 20.9 Å². The first-order valence-electron chi connectivity index (χ1n) is 9.53. The van der Waals surface area contributed by atoms with Crippen LogP contribution in [0.4, 0.5) is 4.79 Å². The zero-order valence-electron chi connectivity index (χ0n) is 15.5. The Morgan fingerprint density at radius 2 is 1.38 bits per heavy atom. The van der Waals surface area contributed by atoms with E-state index in [1.807, 2.05) is 0 Å². The van der Waals surface area contributed by atoms with Gasteiger partial charge in [0.15, 0.2) is 0 Å². The third-order valence-electron chi connectivity index (χ3n) is 4.73. The van der Waals surface area contributed by atoms with Crippen LogP contribution in [0.25, 0.3) is 0 Å². The standard InChI is InChI=1S/C17H36N6O/c1-16(2)15-23-13-11-22(12-14-23)10-6-20-17(24)19-5-9-21-7-3-18-4-8-21/h16,18H,3-15H2,1-2H3,(H2,19,20,24). The van der Waals surface area contributed by atoms with Crippen LogP contribution in [0, 0.1) is 5.92 Å². The first-order chi connectivity index (χ1) is 11.6. The van der Waals surface area contributed by atoms with Crippen molar-refractivity contribution < 1.29 is 4.79 Å². The fourth-order valence-corrected chi connectivity index (χ4v) is 3.36. The monoisotopic (exact) mass is 340 g/mol. The van der Waals surface area contributed by atoms with E-state index in [4.69, 9.17) is 0 Å². The summed E-state index contributed by atoms with van der Waals surface area (Å²) in [4.78, 5) is 19.2. The third kappa shape index (κ3) is 7.79. The second kappa shape index (κ2) is 10.9.